The number of carbonyl (C=O) groups is 3. The fourth-order valence-corrected chi connectivity index (χ4v) is 2.88. The third-order valence-corrected chi connectivity index (χ3v) is 4.33. The maximum absolute atomic E-state index is 12.6. The first-order chi connectivity index (χ1) is 12.4. The molecule has 1 heterocycles. The molecule has 0 fully saturated rings. The van der Waals surface area contributed by atoms with Gasteiger partial charge in [-0.05, 0) is 25.8 Å². The van der Waals surface area contributed by atoms with Crippen LogP contribution in [0, 0.1) is 5.92 Å². The monoisotopic (exact) mass is 357 g/mol. The van der Waals surface area contributed by atoms with E-state index in [2.05, 4.69) is 5.32 Å². The lowest BCUT2D eigenvalue weighted by Gasteiger charge is -2.19. The van der Waals surface area contributed by atoms with Gasteiger partial charge in [0.1, 0.15) is 6.54 Å². The predicted molar refractivity (Wildman–Crippen MR) is 102 cm³/mol. The summed E-state index contributed by atoms with van der Waals surface area (Å²) in [5.74, 6) is -0.939. The number of amides is 2. The molecule has 0 aliphatic heterocycles. The van der Waals surface area contributed by atoms with Gasteiger partial charge in [0.15, 0.2) is 0 Å². The Morgan fingerprint density at radius 1 is 1.12 bits per heavy atom. The molecule has 2 aromatic rings. The van der Waals surface area contributed by atoms with Gasteiger partial charge in [0.2, 0.25) is 5.91 Å². The quantitative estimate of drug-likeness (QED) is 0.583. The van der Waals surface area contributed by atoms with E-state index in [-0.39, 0.29) is 18.4 Å². The molecule has 0 aliphatic carbocycles. The molecule has 1 aromatic carbocycles. The Balaban J connectivity index is 2.33. The van der Waals surface area contributed by atoms with Crippen LogP contribution in [-0.4, -0.2) is 46.7 Å². The number of fused-ring (bicyclic) bond motifs is 1. The summed E-state index contributed by atoms with van der Waals surface area (Å²) in [5.41, 5.74) is 1.10. The van der Waals surface area contributed by atoms with Crippen LogP contribution in [0.5, 0.6) is 0 Å². The Bertz CT molecular complexity index is 804. The molecule has 6 heteroatoms. The van der Waals surface area contributed by atoms with Crippen LogP contribution in [0.1, 0.15) is 38.1 Å². The average Bonchev–Trinajstić information content (AvgIpc) is 2.98. The molecule has 0 spiro atoms. The molecule has 0 radical (unpaired) electrons. The Hall–Kier alpha value is -2.63. The molecular formula is C20H27N3O3. The lowest BCUT2D eigenvalue weighted by atomic mass is 10.1. The van der Waals surface area contributed by atoms with Gasteiger partial charge in [0.05, 0.1) is 5.56 Å². The highest BCUT2D eigenvalue weighted by molar-refractivity contribution is 6.45. The highest BCUT2D eigenvalue weighted by Gasteiger charge is 2.22. The van der Waals surface area contributed by atoms with Crippen LogP contribution in [0.15, 0.2) is 30.5 Å². The van der Waals surface area contributed by atoms with E-state index < -0.39 is 11.7 Å². The average molecular weight is 357 g/mol. The number of Topliss-reactive ketones (excluding diaryl/α,β-unsaturated/α-hetero) is 1. The molecule has 0 bridgehead atoms. The lowest BCUT2D eigenvalue weighted by Crippen LogP contribution is -2.34. The van der Waals surface area contributed by atoms with Gasteiger partial charge in [0, 0.05) is 36.7 Å². The maximum atomic E-state index is 12.6. The molecule has 0 saturated carbocycles. The number of likely N-dealkylation sites (N-methyl/N-ethyl adjacent to an activating group) is 1. The van der Waals surface area contributed by atoms with Crippen molar-refractivity contribution in [3.05, 3.63) is 36.0 Å². The first-order valence-electron chi connectivity index (χ1n) is 9.07. The van der Waals surface area contributed by atoms with Crippen molar-refractivity contribution >= 4 is 28.5 Å². The van der Waals surface area contributed by atoms with Gasteiger partial charge in [-0.15, -0.1) is 0 Å². The maximum Gasteiger partial charge on any atom is 0.292 e. The van der Waals surface area contributed by atoms with E-state index in [1.54, 1.807) is 21.7 Å². The lowest BCUT2D eigenvalue weighted by molar-refractivity contribution is -0.131. The van der Waals surface area contributed by atoms with Crippen LogP contribution in [0.2, 0.25) is 0 Å². The number of nitrogens with one attached hydrogen (secondary N) is 1. The van der Waals surface area contributed by atoms with Crippen molar-refractivity contribution in [2.24, 2.45) is 5.92 Å². The largest absolute Gasteiger partial charge is 0.349 e. The van der Waals surface area contributed by atoms with Crippen LogP contribution in [0.4, 0.5) is 0 Å². The molecule has 0 unspecified atom stereocenters. The molecule has 6 nitrogen and oxygen atoms in total. The van der Waals surface area contributed by atoms with Crippen LogP contribution in [0.3, 0.4) is 0 Å². The normalized spacial score (nSPS) is 11.0. The van der Waals surface area contributed by atoms with Crippen molar-refractivity contribution < 1.29 is 14.4 Å². The zero-order valence-corrected chi connectivity index (χ0v) is 15.9. The van der Waals surface area contributed by atoms with Gasteiger partial charge in [-0.1, -0.05) is 32.0 Å². The van der Waals surface area contributed by atoms with Crippen molar-refractivity contribution in [3.8, 4) is 0 Å². The van der Waals surface area contributed by atoms with Crippen LogP contribution in [0.25, 0.3) is 10.9 Å². The summed E-state index contributed by atoms with van der Waals surface area (Å²) in [6, 6.07) is 7.33. The summed E-state index contributed by atoms with van der Waals surface area (Å²) in [4.78, 5) is 39.0. The van der Waals surface area contributed by atoms with Crippen molar-refractivity contribution in [3.63, 3.8) is 0 Å². The van der Waals surface area contributed by atoms with E-state index in [1.165, 1.54) is 0 Å². The molecule has 0 aliphatic rings. The summed E-state index contributed by atoms with van der Waals surface area (Å²) in [5, 5.41) is 3.34. The van der Waals surface area contributed by atoms with Gasteiger partial charge in [0.25, 0.3) is 11.7 Å². The van der Waals surface area contributed by atoms with Gasteiger partial charge in [-0.3, -0.25) is 14.4 Å². The third-order valence-electron chi connectivity index (χ3n) is 4.33. The molecule has 0 saturated heterocycles. The first kappa shape index (κ1) is 19.7. The first-order valence-corrected chi connectivity index (χ1v) is 9.07. The fraction of sp³-hybridized carbons (Fsp3) is 0.450. The second-order valence-corrected chi connectivity index (χ2v) is 6.69. The molecule has 140 valence electrons. The number of carbonyl (C=O) groups excluding carboxylic acids is 3. The van der Waals surface area contributed by atoms with Crippen molar-refractivity contribution in [2.75, 3.05) is 19.6 Å². The minimum atomic E-state index is -0.614. The SMILES string of the molecule is CCN(CC)C(=O)Cn1cc(C(=O)C(=O)NCC(C)C)c2ccccc21. The summed E-state index contributed by atoms with van der Waals surface area (Å²) < 4.78 is 1.75. The van der Waals surface area contributed by atoms with Gasteiger partial charge >= 0.3 is 0 Å². The molecule has 2 amide bonds. The van der Waals surface area contributed by atoms with Gasteiger partial charge in [-0.25, -0.2) is 0 Å². The number of ketones is 1. The van der Waals surface area contributed by atoms with Gasteiger partial charge in [-0.2, -0.15) is 0 Å². The number of aromatic nitrogens is 1. The van der Waals surface area contributed by atoms with Crippen LogP contribution < -0.4 is 5.32 Å². The smallest absolute Gasteiger partial charge is 0.292 e. The number of nitrogens with zero attached hydrogens (tertiary/aromatic N) is 2. The van der Waals surface area contributed by atoms with Crippen molar-refractivity contribution in [1.29, 1.82) is 0 Å². The summed E-state index contributed by atoms with van der Waals surface area (Å²) >= 11 is 0. The van der Waals surface area contributed by atoms with Crippen molar-refractivity contribution in [2.45, 2.75) is 34.2 Å². The Labute approximate surface area is 154 Å². The molecule has 2 rings (SSSR count). The standard InChI is InChI=1S/C20H27N3O3/c1-5-22(6-2)18(24)13-23-12-16(15-9-7-8-10-17(15)23)19(25)20(26)21-11-14(3)4/h7-10,12,14H,5-6,11,13H2,1-4H3,(H,21,26). The number of hydrogen-bond acceptors (Lipinski definition) is 3. The Morgan fingerprint density at radius 2 is 1.77 bits per heavy atom. The molecule has 26 heavy (non-hydrogen) atoms. The topological polar surface area (TPSA) is 71.4 Å². The second-order valence-electron chi connectivity index (χ2n) is 6.69. The van der Waals surface area contributed by atoms with Crippen molar-refractivity contribution in [1.82, 2.24) is 14.8 Å². The van der Waals surface area contributed by atoms with E-state index in [0.29, 0.717) is 30.6 Å². The van der Waals surface area contributed by atoms with E-state index in [4.69, 9.17) is 0 Å². The summed E-state index contributed by atoms with van der Waals surface area (Å²) in [6.45, 7) is 9.67. The third kappa shape index (κ3) is 4.31. The molecule has 1 N–H and O–H groups in total. The second kappa shape index (κ2) is 8.65. The number of benzene rings is 1. The minimum absolute atomic E-state index is 0.0148. The molecular weight excluding hydrogens is 330 g/mol. The highest BCUT2D eigenvalue weighted by Crippen LogP contribution is 2.22. The fourth-order valence-electron chi connectivity index (χ4n) is 2.88. The Morgan fingerprint density at radius 3 is 2.38 bits per heavy atom. The highest BCUT2D eigenvalue weighted by atomic mass is 16.2. The minimum Gasteiger partial charge on any atom is -0.349 e. The summed E-state index contributed by atoms with van der Waals surface area (Å²) in [6.07, 6.45) is 1.61. The zero-order valence-electron chi connectivity index (χ0n) is 15.9. The van der Waals surface area contributed by atoms with E-state index in [9.17, 15) is 14.4 Å². The predicted octanol–water partition coefficient (Wildman–Crippen LogP) is 2.46. The van der Waals surface area contributed by atoms with Gasteiger partial charge < -0.3 is 14.8 Å². The van der Waals surface area contributed by atoms with E-state index in [1.807, 2.05) is 45.9 Å². The van der Waals surface area contributed by atoms with Crippen LogP contribution in [-0.2, 0) is 16.1 Å². The van der Waals surface area contributed by atoms with E-state index in [0.717, 1.165) is 5.52 Å². The van der Waals surface area contributed by atoms with E-state index >= 15 is 0 Å². The number of para-hydroxylation sites is 1. The zero-order chi connectivity index (χ0) is 19.3. The molecule has 0 atom stereocenters. The molecule has 1 aromatic heterocycles. The number of hydrogen-bond donors (Lipinski definition) is 1. The summed E-state index contributed by atoms with van der Waals surface area (Å²) in [7, 11) is 0. The van der Waals surface area contributed by atoms with Crippen LogP contribution >= 0.6 is 0 Å². The Kier molecular flexibility index (Phi) is 6.55. The number of rotatable bonds is 8.